The molecule has 1 saturated carbocycles. The summed E-state index contributed by atoms with van der Waals surface area (Å²) in [5, 5.41) is 2.74. The van der Waals surface area contributed by atoms with Crippen LogP contribution < -0.4 is 11.1 Å². The first-order chi connectivity index (χ1) is 8.29. The maximum absolute atomic E-state index is 12.1. The number of hydrogen-bond donors (Lipinski definition) is 2. The summed E-state index contributed by atoms with van der Waals surface area (Å²) in [6.07, 6.45) is 4.42. The van der Waals surface area contributed by atoms with Gasteiger partial charge in [-0.25, -0.2) is 8.42 Å². The van der Waals surface area contributed by atoms with E-state index in [0.717, 1.165) is 19.3 Å². The first-order valence-electron chi connectivity index (χ1n) is 6.59. The van der Waals surface area contributed by atoms with Gasteiger partial charge >= 0.3 is 0 Å². The molecule has 1 unspecified atom stereocenters. The van der Waals surface area contributed by atoms with Crippen molar-refractivity contribution < 1.29 is 13.2 Å². The van der Waals surface area contributed by atoms with Crippen LogP contribution >= 0.6 is 12.4 Å². The van der Waals surface area contributed by atoms with E-state index in [9.17, 15) is 13.2 Å². The van der Waals surface area contributed by atoms with E-state index in [-0.39, 0.29) is 35.9 Å². The molecule has 0 aromatic rings. The first kappa shape index (κ1) is 18.7. The van der Waals surface area contributed by atoms with Crippen molar-refractivity contribution in [1.82, 2.24) is 5.32 Å². The third-order valence-corrected chi connectivity index (χ3v) is 5.41. The molecule has 1 aliphatic rings. The van der Waals surface area contributed by atoms with Crippen molar-refractivity contribution in [3.63, 3.8) is 0 Å². The van der Waals surface area contributed by atoms with Crippen LogP contribution in [0, 0.1) is 0 Å². The van der Waals surface area contributed by atoms with E-state index >= 15 is 0 Å². The summed E-state index contributed by atoms with van der Waals surface area (Å²) >= 11 is 0. The highest BCUT2D eigenvalue weighted by atomic mass is 35.5. The van der Waals surface area contributed by atoms with Crippen LogP contribution in [-0.4, -0.2) is 37.4 Å². The van der Waals surface area contributed by atoms with Gasteiger partial charge in [0.2, 0.25) is 5.91 Å². The third kappa shape index (κ3) is 5.67. The summed E-state index contributed by atoms with van der Waals surface area (Å²) in [6, 6.07) is -0.384. The Kier molecular flexibility index (Phi) is 7.32. The van der Waals surface area contributed by atoms with Gasteiger partial charge in [0.15, 0.2) is 9.84 Å². The van der Waals surface area contributed by atoms with Gasteiger partial charge in [-0.1, -0.05) is 26.2 Å². The van der Waals surface area contributed by atoms with Crippen LogP contribution in [0.2, 0.25) is 0 Å². The number of sulfone groups is 1. The van der Waals surface area contributed by atoms with Crippen molar-refractivity contribution in [3.05, 3.63) is 0 Å². The molecule has 1 aliphatic carbocycles. The summed E-state index contributed by atoms with van der Waals surface area (Å²) in [5.41, 5.74) is 5.28. The lowest BCUT2D eigenvalue weighted by Gasteiger charge is -2.33. The van der Waals surface area contributed by atoms with E-state index in [0.29, 0.717) is 12.8 Å². The highest BCUT2D eigenvalue weighted by molar-refractivity contribution is 7.91. The van der Waals surface area contributed by atoms with Gasteiger partial charge in [0.05, 0.1) is 11.3 Å². The molecular weight excluding hydrogens is 288 g/mol. The minimum atomic E-state index is -3.07. The van der Waals surface area contributed by atoms with E-state index in [1.165, 1.54) is 0 Å². The maximum atomic E-state index is 12.1. The van der Waals surface area contributed by atoms with Gasteiger partial charge in [0.1, 0.15) is 0 Å². The summed E-state index contributed by atoms with van der Waals surface area (Å²) in [5.74, 6) is -0.132. The largest absolute Gasteiger partial charge is 0.351 e. The van der Waals surface area contributed by atoms with Gasteiger partial charge in [0.25, 0.3) is 0 Å². The molecule has 0 aromatic carbocycles. The van der Waals surface area contributed by atoms with Gasteiger partial charge in [-0.2, -0.15) is 0 Å². The van der Waals surface area contributed by atoms with Crippen LogP contribution in [0.15, 0.2) is 0 Å². The minimum absolute atomic E-state index is 0. The van der Waals surface area contributed by atoms with Crippen molar-refractivity contribution in [2.75, 3.05) is 11.5 Å². The van der Waals surface area contributed by atoms with E-state index in [4.69, 9.17) is 5.73 Å². The zero-order valence-electron chi connectivity index (χ0n) is 11.6. The lowest BCUT2D eigenvalue weighted by atomic mass is 9.82. The lowest BCUT2D eigenvalue weighted by Crippen LogP contribution is -2.57. The van der Waals surface area contributed by atoms with Gasteiger partial charge in [-0.05, 0) is 19.8 Å². The predicted octanol–water partition coefficient (Wildman–Crippen LogP) is 1.01. The summed E-state index contributed by atoms with van der Waals surface area (Å²) in [6.45, 7) is 3.31. The van der Waals surface area contributed by atoms with Gasteiger partial charge in [0, 0.05) is 11.8 Å². The molecule has 19 heavy (non-hydrogen) atoms. The van der Waals surface area contributed by atoms with Crippen molar-refractivity contribution in [3.8, 4) is 0 Å². The summed E-state index contributed by atoms with van der Waals surface area (Å²) in [7, 11) is -3.07. The summed E-state index contributed by atoms with van der Waals surface area (Å²) < 4.78 is 22.9. The number of carbonyl (C=O) groups excluding carboxylic acids is 1. The number of nitrogens with one attached hydrogen (secondary N) is 1. The average Bonchev–Trinajstić information content (AvgIpc) is 2.29. The van der Waals surface area contributed by atoms with E-state index in [1.807, 2.05) is 0 Å². The zero-order valence-corrected chi connectivity index (χ0v) is 13.3. The monoisotopic (exact) mass is 312 g/mol. The van der Waals surface area contributed by atoms with Crippen LogP contribution in [0.5, 0.6) is 0 Å². The normalized spacial score (nSPS) is 20.2. The second kappa shape index (κ2) is 7.45. The number of carbonyl (C=O) groups is 1. The minimum Gasteiger partial charge on any atom is -0.351 e. The topological polar surface area (TPSA) is 89.3 Å². The highest BCUT2D eigenvalue weighted by Gasteiger charge is 2.36. The number of hydrogen-bond acceptors (Lipinski definition) is 4. The fraction of sp³-hybridized carbons (Fsp3) is 0.917. The smallest absolute Gasteiger partial charge is 0.240 e. The highest BCUT2D eigenvalue weighted by Crippen LogP contribution is 2.26. The van der Waals surface area contributed by atoms with Crippen LogP contribution in [0.4, 0.5) is 0 Å². The predicted molar refractivity (Wildman–Crippen MR) is 79.2 cm³/mol. The Morgan fingerprint density at radius 1 is 1.32 bits per heavy atom. The molecule has 0 spiro atoms. The fourth-order valence-electron chi connectivity index (χ4n) is 2.32. The Morgan fingerprint density at radius 3 is 2.32 bits per heavy atom. The average molecular weight is 313 g/mol. The Morgan fingerprint density at radius 2 is 1.84 bits per heavy atom. The molecule has 7 heteroatoms. The summed E-state index contributed by atoms with van der Waals surface area (Å²) in [4.78, 5) is 12.1. The van der Waals surface area contributed by atoms with Gasteiger partial charge in [-0.15, -0.1) is 12.4 Å². The molecular formula is C12H25ClN2O3S. The number of rotatable bonds is 5. The Labute approximate surface area is 122 Å². The van der Waals surface area contributed by atoms with E-state index < -0.39 is 15.4 Å². The maximum Gasteiger partial charge on any atom is 0.240 e. The molecule has 0 saturated heterocycles. The second-order valence-corrected chi connectivity index (χ2v) is 7.69. The molecule has 5 nitrogen and oxygen atoms in total. The van der Waals surface area contributed by atoms with Gasteiger partial charge in [-0.3, -0.25) is 4.79 Å². The molecule has 0 aromatic heterocycles. The lowest BCUT2D eigenvalue weighted by molar-refractivity contribution is -0.128. The van der Waals surface area contributed by atoms with Gasteiger partial charge < -0.3 is 11.1 Å². The third-order valence-electron chi connectivity index (χ3n) is 3.52. The molecule has 1 rings (SSSR count). The molecule has 1 fully saturated rings. The molecule has 0 heterocycles. The van der Waals surface area contributed by atoms with Crippen LogP contribution in [-0.2, 0) is 14.6 Å². The Hall–Kier alpha value is -0.330. The SMILES string of the molecule is CCS(=O)(=O)CC(C)NC(=O)C1(N)CCCCC1.Cl. The van der Waals surface area contributed by atoms with Crippen LogP contribution in [0.3, 0.4) is 0 Å². The number of nitrogens with two attached hydrogens (primary N) is 1. The van der Waals surface area contributed by atoms with Crippen molar-refractivity contribution >= 4 is 28.2 Å². The van der Waals surface area contributed by atoms with E-state index in [2.05, 4.69) is 5.32 Å². The first-order valence-corrected chi connectivity index (χ1v) is 8.41. The van der Waals surface area contributed by atoms with Crippen LogP contribution in [0.1, 0.15) is 46.0 Å². The van der Waals surface area contributed by atoms with Crippen molar-refractivity contribution in [1.29, 1.82) is 0 Å². The fourth-order valence-corrected chi connectivity index (χ4v) is 3.40. The Balaban J connectivity index is 0.00000324. The van der Waals surface area contributed by atoms with Crippen LogP contribution in [0.25, 0.3) is 0 Å². The zero-order chi connectivity index (χ0) is 13.8. The van der Waals surface area contributed by atoms with E-state index in [1.54, 1.807) is 13.8 Å². The molecule has 0 aliphatic heterocycles. The molecule has 1 atom stereocenters. The quantitative estimate of drug-likeness (QED) is 0.793. The second-order valence-electron chi connectivity index (χ2n) is 5.29. The number of halogens is 1. The molecule has 0 bridgehead atoms. The molecule has 114 valence electrons. The molecule has 1 amide bonds. The molecule has 0 radical (unpaired) electrons. The standard InChI is InChI=1S/C12H24N2O3S.ClH/c1-3-18(16,17)9-10(2)14-11(15)12(13)7-5-4-6-8-12;/h10H,3-9,13H2,1-2H3,(H,14,15);1H. The van der Waals surface area contributed by atoms with Crippen molar-refractivity contribution in [2.24, 2.45) is 5.73 Å². The Bertz CT molecular complexity index is 392. The molecule has 3 N–H and O–H groups in total. The van der Waals surface area contributed by atoms with Crippen molar-refractivity contribution in [2.45, 2.75) is 57.5 Å². The number of amides is 1.